The zero-order valence-corrected chi connectivity index (χ0v) is 13.4. The van der Waals surface area contributed by atoms with Crippen molar-refractivity contribution in [1.82, 2.24) is 0 Å². The molecule has 0 spiro atoms. The molecular weight excluding hydrogens is 304 g/mol. The summed E-state index contributed by atoms with van der Waals surface area (Å²) in [6, 6.07) is 22.6. The molecular formula is C21H16ClO. The van der Waals surface area contributed by atoms with Crippen LogP contribution in [0.5, 0.6) is 5.75 Å². The van der Waals surface area contributed by atoms with Crippen LogP contribution in [0.25, 0.3) is 22.3 Å². The molecule has 3 aromatic carbocycles. The molecule has 0 aliphatic carbocycles. The highest BCUT2D eigenvalue weighted by Crippen LogP contribution is 2.43. The Bertz CT molecular complexity index is 855. The van der Waals surface area contributed by atoms with Crippen LogP contribution >= 0.6 is 11.6 Å². The highest BCUT2D eigenvalue weighted by atomic mass is 35.5. The van der Waals surface area contributed by atoms with Crippen molar-refractivity contribution in [2.75, 3.05) is 0 Å². The lowest BCUT2D eigenvalue weighted by atomic mass is 9.94. The second-order valence-electron chi connectivity index (χ2n) is 5.80. The quantitative estimate of drug-likeness (QED) is 0.579. The van der Waals surface area contributed by atoms with Crippen molar-refractivity contribution in [2.45, 2.75) is 12.5 Å². The Kier molecular flexibility index (Phi) is 3.59. The van der Waals surface area contributed by atoms with E-state index in [1.807, 2.05) is 30.3 Å². The number of fused-ring (bicyclic) bond motifs is 1. The number of hydrogen-bond acceptors (Lipinski definition) is 1. The maximum atomic E-state index is 6.42. The third-order valence-electron chi connectivity index (χ3n) is 4.17. The van der Waals surface area contributed by atoms with E-state index in [-0.39, 0.29) is 6.10 Å². The van der Waals surface area contributed by atoms with Gasteiger partial charge in [0.25, 0.3) is 0 Å². The van der Waals surface area contributed by atoms with E-state index in [2.05, 4.69) is 43.3 Å². The van der Waals surface area contributed by atoms with E-state index in [1.165, 1.54) is 16.7 Å². The molecule has 1 aliphatic rings. The smallest absolute Gasteiger partial charge is 0.130 e. The van der Waals surface area contributed by atoms with Gasteiger partial charge in [-0.15, -0.1) is 0 Å². The molecule has 113 valence electrons. The van der Waals surface area contributed by atoms with Gasteiger partial charge in [0.1, 0.15) is 11.9 Å². The first kappa shape index (κ1) is 14.3. The standard InChI is InChI=1S/C21H16ClO/c1-14-11-17-12-16(15-7-3-2-4-8-15)13-19(21(17)23-14)18-9-5-6-10-20(18)22/h2-10,12-14H,1,11H2. The van der Waals surface area contributed by atoms with Gasteiger partial charge in [0, 0.05) is 22.6 Å². The molecule has 0 saturated heterocycles. The van der Waals surface area contributed by atoms with Crippen LogP contribution in [0.3, 0.4) is 0 Å². The van der Waals surface area contributed by atoms with Gasteiger partial charge in [-0.25, -0.2) is 0 Å². The molecule has 23 heavy (non-hydrogen) atoms. The van der Waals surface area contributed by atoms with Gasteiger partial charge in [0.05, 0.1) is 0 Å². The van der Waals surface area contributed by atoms with E-state index in [0.717, 1.165) is 28.3 Å². The Morgan fingerprint density at radius 3 is 2.39 bits per heavy atom. The summed E-state index contributed by atoms with van der Waals surface area (Å²) < 4.78 is 5.97. The Labute approximate surface area is 141 Å². The summed E-state index contributed by atoms with van der Waals surface area (Å²) in [5.41, 5.74) is 5.60. The number of hydrogen-bond donors (Lipinski definition) is 0. The fourth-order valence-electron chi connectivity index (χ4n) is 3.11. The maximum Gasteiger partial charge on any atom is 0.130 e. The molecule has 1 atom stereocenters. The van der Waals surface area contributed by atoms with E-state index >= 15 is 0 Å². The van der Waals surface area contributed by atoms with Crippen LogP contribution in [0.15, 0.2) is 66.7 Å². The molecule has 1 radical (unpaired) electrons. The first-order valence-corrected chi connectivity index (χ1v) is 8.07. The summed E-state index contributed by atoms with van der Waals surface area (Å²) in [7, 11) is 0. The molecule has 1 heterocycles. The molecule has 0 aromatic heterocycles. The monoisotopic (exact) mass is 319 g/mol. The van der Waals surface area contributed by atoms with Gasteiger partial charge < -0.3 is 4.74 Å². The number of benzene rings is 3. The van der Waals surface area contributed by atoms with Crippen molar-refractivity contribution in [3.63, 3.8) is 0 Å². The van der Waals surface area contributed by atoms with Gasteiger partial charge in [0.2, 0.25) is 0 Å². The normalized spacial score (nSPS) is 16.0. The van der Waals surface area contributed by atoms with Crippen LogP contribution in [0, 0.1) is 6.92 Å². The fourth-order valence-corrected chi connectivity index (χ4v) is 3.35. The minimum Gasteiger partial charge on any atom is -0.489 e. The SMILES string of the molecule is [CH2]C1Cc2cc(-c3ccccc3)cc(-c3ccccc3Cl)c2O1. The summed E-state index contributed by atoms with van der Waals surface area (Å²) in [6.07, 6.45) is 0.783. The molecule has 1 unspecified atom stereocenters. The molecule has 4 rings (SSSR count). The van der Waals surface area contributed by atoms with Crippen LogP contribution in [-0.2, 0) is 6.42 Å². The number of ether oxygens (including phenoxy) is 1. The summed E-state index contributed by atoms with van der Waals surface area (Å²) >= 11 is 6.42. The first-order valence-electron chi connectivity index (χ1n) is 7.69. The van der Waals surface area contributed by atoms with E-state index in [9.17, 15) is 0 Å². The molecule has 0 fully saturated rings. The average molecular weight is 320 g/mol. The minimum absolute atomic E-state index is 0.0442. The van der Waals surface area contributed by atoms with Gasteiger partial charge in [-0.1, -0.05) is 60.1 Å². The van der Waals surface area contributed by atoms with Crippen molar-refractivity contribution in [3.8, 4) is 28.0 Å². The van der Waals surface area contributed by atoms with Crippen molar-refractivity contribution < 1.29 is 4.74 Å². The topological polar surface area (TPSA) is 9.23 Å². The minimum atomic E-state index is -0.0442. The van der Waals surface area contributed by atoms with Gasteiger partial charge in [0.15, 0.2) is 0 Å². The average Bonchev–Trinajstić information content (AvgIpc) is 2.95. The van der Waals surface area contributed by atoms with Crippen LogP contribution in [-0.4, -0.2) is 6.10 Å². The predicted molar refractivity (Wildman–Crippen MR) is 95.8 cm³/mol. The second kappa shape index (κ2) is 5.75. The Hall–Kier alpha value is -2.25. The summed E-state index contributed by atoms with van der Waals surface area (Å²) in [5, 5.41) is 0.732. The first-order chi connectivity index (χ1) is 11.2. The molecule has 0 bridgehead atoms. The largest absolute Gasteiger partial charge is 0.489 e. The second-order valence-corrected chi connectivity index (χ2v) is 6.21. The van der Waals surface area contributed by atoms with Crippen LogP contribution in [0.2, 0.25) is 5.02 Å². The van der Waals surface area contributed by atoms with E-state index in [4.69, 9.17) is 16.3 Å². The predicted octanol–water partition coefficient (Wildman–Crippen LogP) is 5.81. The third-order valence-corrected chi connectivity index (χ3v) is 4.50. The Morgan fingerprint density at radius 1 is 0.870 bits per heavy atom. The Balaban J connectivity index is 1.95. The molecule has 1 aliphatic heterocycles. The van der Waals surface area contributed by atoms with Crippen LogP contribution in [0.1, 0.15) is 5.56 Å². The fraction of sp³-hybridized carbons (Fsp3) is 0.0952. The molecule has 3 aromatic rings. The van der Waals surface area contributed by atoms with Crippen molar-refractivity contribution >= 4 is 11.6 Å². The summed E-state index contributed by atoms with van der Waals surface area (Å²) in [4.78, 5) is 0. The lowest BCUT2D eigenvalue weighted by Gasteiger charge is -2.13. The van der Waals surface area contributed by atoms with Gasteiger partial charge in [-0.2, -0.15) is 0 Å². The molecule has 1 nitrogen and oxygen atoms in total. The van der Waals surface area contributed by atoms with Crippen molar-refractivity contribution in [2.24, 2.45) is 0 Å². The van der Waals surface area contributed by atoms with Crippen molar-refractivity contribution in [3.05, 3.63) is 84.2 Å². The van der Waals surface area contributed by atoms with E-state index in [0.29, 0.717) is 0 Å². The highest BCUT2D eigenvalue weighted by molar-refractivity contribution is 6.33. The zero-order chi connectivity index (χ0) is 15.8. The van der Waals surface area contributed by atoms with Crippen molar-refractivity contribution in [1.29, 1.82) is 0 Å². The number of halogens is 1. The molecule has 0 amide bonds. The Morgan fingerprint density at radius 2 is 1.61 bits per heavy atom. The third kappa shape index (κ3) is 2.62. The summed E-state index contributed by atoms with van der Waals surface area (Å²) in [6.45, 7) is 4.06. The molecule has 2 heteroatoms. The van der Waals surface area contributed by atoms with Crippen LogP contribution in [0.4, 0.5) is 0 Å². The van der Waals surface area contributed by atoms with Crippen LogP contribution < -0.4 is 4.74 Å². The zero-order valence-electron chi connectivity index (χ0n) is 12.6. The van der Waals surface area contributed by atoms with Gasteiger partial charge >= 0.3 is 0 Å². The highest BCUT2D eigenvalue weighted by Gasteiger charge is 2.24. The maximum absolute atomic E-state index is 6.42. The lowest BCUT2D eigenvalue weighted by Crippen LogP contribution is -2.06. The van der Waals surface area contributed by atoms with Gasteiger partial charge in [-0.05, 0) is 41.8 Å². The number of rotatable bonds is 2. The molecule has 0 saturated carbocycles. The summed E-state index contributed by atoms with van der Waals surface area (Å²) in [5.74, 6) is 0.915. The van der Waals surface area contributed by atoms with E-state index < -0.39 is 0 Å². The van der Waals surface area contributed by atoms with E-state index in [1.54, 1.807) is 0 Å². The van der Waals surface area contributed by atoms with Gasteiger partial charge in [-0.3, -0.25) is 0 Å². The lowest BCUT2D eigenvalue weighted by molar-refractivity contribution is 0.282. The molecule has 0 N–H and O–H groups in total.